The minimum Gasteiger partial charge on any atom is -0.465 e. The number of hydrogen-bond donors (Lipinski definition) is 3. The molecule has 3 N–H and O–H groups in total. The molecular weight excluding hydrogens is 746 g/mol. The van der Waals surface area contributed by atoms with E-state index in [1.165, 1.54) is 0 Å². The molecule has 306 valence electrons. The van der Waals surface area contributed by atoms with Crippen LogP contribution in [0, 0.1) is 34.5 Å². The van der Waals surface area contributed by atoms with Gasteiger partial charge in [-0.25, -0.2) is 4.79 Å². The molecule has 1 heterocycles. The van der Waals surface area contributed by atoms with Crippen LogP contribution in [-0.2, 0) is 48.2 Å². The minimum atomic E-state index is -6.06. The summed E-state index contributed by atoms with van der Waals surface area (Å²) in [6.07, 6.45) is 9.39. The fraction of sp³-hybridized carbons (Fsp3) is 0.769. The lowest BCUT2D eigenvalue weighted by Gasteiger charge is -2.47. The van der Waals surface area contributed by atoms with Crippen molar-refractivity contribution in [1.82, 2.24) is 0 Å². The van der Waals surface area contributed by atoms with Crippen LogP contribution in [0.3, 0.4) is 0 Å². The van der Waals surface area contributed by atoms with Gasteiger partial charge in [-0.05, 0) is 88.9 Å². The fourth-order valence-electron chi connectivity index (χ4n) is 10.7. The van der Waals surface area contributed by atoms with Gasteiger partial charge in [-0.2, -0.15) is 17.2 Å². The molecule has 7 aliphatic rings. The van der Waals surface area contributed by atoms with Gasteiger partial charge in [-0.3, -0.25) is 14.1 Å². The molecule has 7 rings (SSSR count). The van der Waals surface area contributed by atoms with E-state index < -0.39 is 79.5 Å². The standard InChI is InChI=1S/C39H52F2O13S/c1-23-6-27-10-30(42)18-36(11-23,13-27)33(44)53-22-35(19-50-31(43)28-9-26-7-24(2)12-37(46,14-26)16-28)20-51-32(52-21-35)29-8-25-4-3-5-38(15-25,17-29)54-34(45)39(40,41)55(47,48)49/h6-8,23-24,28-30,32,42,46H,3-5,9-22H2,1-2H3,(H,47,48,49). The second kappa shape index (κ2) is 14.6. The lowest BCUT2D eigenvalue weighted by molar-refractivity contribution is -0.267. The Morgan fingerprint density at radius 1 is 0.891 bits per heavy atom. The zero-order valence-electron chi connectivity index (χ0n) is 31.3. The Hall–Kier alpha value is -2.76. The monoisotopic (exact) mass is 798 g/mol. The molecule has 55 heavy (non-hydrogen) atoms. The molecule has 1 aliphatic heterocycles. The minimum absolute atomic E-state index is 0.0244. The predicted molar refractivity (Wildman–Crippen MR) is 188 cm³/mol. The third-order valence-electron chi connectivity index (χ3n) is 12.7. The maximum Gasteiger partial charge on any atom is 0.465 e. The number of halogens is 2. The highest BCUT2D eigenvalue weighted by molar-refractivity contribution is 7.87. The van der Waals surface area contributed by atoms with Gasteiger partial charge in [0.1, 0.15) is 18.8 Å². The average Bonchev–Trinajstić information content (AvgIpc) is 3.07. The molecule has 16 heteroatoms. The van der Waals surface area contributed by atoms with E-state index in [1.54, 1.807) is 0 Å². The Morgan fingerprint density at radius 3 is 2.25 bits per heavy atom. The smallest absolute Gasteiger partial charge is 0.465 e. The van der Waals surface area contributed by atoms with Gasteiger partial charge in [-0.1, -0.05) is 48.8 Å². The largest absolute Gasteiger partial charge is 0.465 e. The number of fused-ring (bicyclic) bond motifs is 6. The topological polar surface area (TPSA) is 192 Å². The SMILES string of the molecule is CC1C=C2CC(C(=O)OCC3(COC(=O)C45CC(=CC(C)C4)CC(O)C5)COC(C4C=C5CCCC(OC(=O)C(F)(F)S(=O)(=O)O)(C5)C4)OC3)CC(O)(C2)C1. The van der Waals surface area contributed by atoms with E-state index in [1.807, 2.05) is 19.9 Å². The molecule has 3 saturated carbocycles. The molecule has 8 unspecified atom stereocenters. The van der Waals surface area contributed by atoms with Gasteiger partial charge in [0, 0.05) is 12.3 Å². The summed E-state index contributed by atoms with van der Waals surface area (Å²) in [7, 11) is -6.06. The van der Waals surface area contributed by atoms with Gasteiger partial charge < -0.3 is 33.9 Å². The van der Waals surface area contributed by atoms with E-state index in [-0.39, 0.29) is 70.4 Å². The van der Waals surface area contributed by atoms with E-state index >= 15 is 0 Å². The van der Waals surface area contributed by atoms with Gasteiger partial charge in [-0.15, -0.1) is 0 Å². The van der Waals surface area contributed by atoms with Crippen LogP contribution in [0.1, 0.15) is 97.3 Å². The van der Waals surface area contributed by atoms with Crippen molar-refractivity contribution in [1.29, 1.82) is 0 Å². The van der Waals surface area contributed by atoms with Crippen molar-refractivity contribution in [2.45, 2.75) is 126 Å². The van der Waals surface area contributed by atoms with Crippen LogP contribution >= 0.6 is 0 Å². The van der Waals surface area contributed by atoms with Crippen molar-refractivity contribution >= 4 is 28.0 Å². The van der Waals surface area contributed by atoms with Gasteiger partial charge in [0.25, 0.3) is 0 Å². The number of alkyl halides is 2. The first-order chi connectivity index (χ1) is 25.7. The first kappa shape index (κ1) is 40.4. The van der Waals surface area contributed by atoms with Crippen LogP contribution in [0.2, 0.25) is 0 Å². The zero-order valence-corrected chi connectivity index (χ0v) is 32.1. The van der Waals surface area contributed by atoms with Crippen molar-refractivity contribution in [2.75, 3.05) is 26.4 Å². The van der Waals surface area contributed by atoms with Crippen LogP contribution < -0.4 is 0 Å². The lowest BCUT2D eigenvalue weighted by Crippen LogP contribution is -2.53. The Balaban J connectivity index is 1.06. The van der Waals surface area contributed by atoms with Crippen LogP contribution in [0.25, 0.3) is 0 Å². The van der Waals surface area contributed by atoms with Gasteiger partial charge in [0.15, 0.2) is 6.29 Å². The van der Waals surface area contributed by atoms with Crippen molar-refractivity contribution in [3.63, 3.8) is 0 Å². The highest BCUT2D eigenvalue weighted by atomic mass is 32.2. The molecule has 0 amide bonds. The summed E-state index contributed by atoms with van der Waals surface area (Å²) in [5.41, 5.74) is -1.69. The lowest BCUT2D eigenvalue weighted by atomic mass is 9.63. The number of carbonyl (C=O) groups is 3. The Labute approximate surface area is 319 Å². The molecule has 0 aromatic heterocycles. The summed E-state index contributed by atoms with van der Waals surface area (Å²) >= 11 is 0. The number of allylic oxidation sites excluding steroid dienone is 2. The molecule has 0 radical (unpaired) electrons. The van der Waals surface area contributed by atoms with Crippen LogP contribution in [0.15, 0.2) is 34.9 Å². The highest BCUT2D eigenvalue weighted by Crippen LogP contribution is 2.51. The summed E-state index contributed by atoms with van der Waals surface area (Å²) < 4.78 is 89.7. The number of hydrogen-bond acceptors (Lipinski definition) is 12. The Morgan fingerprint density at radius 2 is 1.56 bits per heavy atom. The van der Waals surface area contributed by atoms with Crippen LogP contribution in [0.5, 0.6) is 0 Å². The predicted octanol–water partition coefficient (Wildman–Crippen LogP) is 4.71. The molecule has 6 aliphatic carbocycles. The Kier molecular flexibility index (Phi) is 10.7. The number of aliphatic hydroxyl groups is 2. The molecule has 1 saturated heterocycles. The van der Waals surface area contributed by atoms with Crippen molar-refractivity contribution in [3.05, 3.63) is 34.9 Å². The fourth-order valence-corrected chi connectivity index (χ4v) is 11.0. The van der Waals surface area contributed by atoms with E-state index in [2.05, 4.69) is 12.2 Å². The summed E-state index contributed by atoms with van der Waals surface area (Å²) in [5.74, 6) is -4.16. The highest BCUT2D eigenvalue weighted by Gasteiger charge is 2.58. The van der Waals surface area contributed by atoms with Crippen molar-refractivity contribution < 1.29 is 70.0 Å². The molecule has 0 aromatic carbocycles. The first-order valence-corrected chi connectivity index (χ1v) is 20.8. The number of aliphatic hydroxyl groups excluding tert-OH is 1. The summed E-state index contributed by atoms with van der Waals surface area (Å²) in [5, 5.41) is 16.7. The quantitative estimate of drug-likeness (QED) is 0.119. The first-order valence-electron chi connectivity index (χ1n) is 19.4. The maximum atomic E-state index is 14.3. The number of rotatable bonds is 10. The average molecular weight is 799 g/mol. The van der Waals surface area contributed by atoms with E-state index in [4.69, 9.17) is 28.2 Å². The second-order valence-electron chi connectivity index (χ2n) is 18.0. The maximum absolute atomic E-state index is 14.3. The zero-order chi connectivity index (χ0) is 39.6. The van der Waals surface area contributed by atoms with Crippen LogP contribution in [-0.4, -0.2) is 96.4 Å². The molecule has 0 spiro atoms. The number of esters is 3. The van der Waals surface area contributed by atoms with E-state index in [0.29, 0.717) is 51.4 Å². The van der Waals surface area contributed by atoms with Crippen molar-refractivity contribution in [3.8, 4) is 0 Å². The summed E-state index contributed by atoms with van der Waals surface area (Å²) in [6.45, 7) is 3.40. The van der Waals surface area contributed by atoms with E-state index in [0.717, 1.165) is 16.7 Å². The van der Waals surface area contributed by atoms with Gasteiger partial charge >= 0.3 is 33.3 Å². The van der Waals surface area contributed by atoms with Crippen molar-refractivity contribution in [2.24, 2.45) is 34.5 Å². The number of ether oxygens (including phenoxy) is 5. The molecule has 0 aromatic rings. The second-order valence-corrected chi connectivity index (χ2v) is 19.5. The van der Waals surface area contributed by atoms with Crippen LogP contribution in [0.4, 0.5) is 8.78 Å². The normalized spacial score (nSPS) is 40.2. The molecular formula is C39H52F2O13S. The summed E-state index contributed by atoms with van der Waals surface area (Å²) in [4.78, 5) is 39.9. The molecule has 13 nitrogen and oxygen atoms in total. The Bertz CT molecular complexity index is 1770. The van der Waals surface area contributed by atoms with E-state index in [9.17, 15) is 41.8 Å². The third-order valence-corrected chi connectivity index (χ3v) is 13.5. The third kappa shape index (κ3) is 8.31. The summed E-state index contributed by atoms with van der Waals surface area (Å²) in [6, 6.07) is 0. The molecule has 8 atom stereocenters. The number of carbonyl (C=O) groups excluding carboxylic acids is 3. The van der Waals surface area contributed by atoms with Gasteiger partial charge in [0.05, 0.1) is 41.7 Å². The molecule has 4 fully saturated rings. The molecule has 6 bridgehead atoms. The van der Waals surface area contributed by atoms with Gasteiger partial charge in [0.2, 0.25) is 0 Å².